The Hall–Kier alpha value is -1.55. The first-order valence-electron chi connectivity index (χ1n) is 4.83. The minimum absolute atomic E-state index is 0.261. The van der Waals surface area contributed by atoms with E-state index in [9.17, 15) is 13.6 Å². The zero-order chi connectivity index (χ0) is 12.4. The monoisotopic (exact) mass is 296 g/mol. The minimum atomic E-state index is -0.726. The SMILES string of the molecule is O=C(c1cccc(Br)c1)c1cc(F)ccc1F. The van der Waals surface area contributed by atoms with Crippen LogP contribution in [0.25, 0.3) is 0 Å². The Bertz CT molecular complexity index is 581. The van der Waals surface area contributed by atoms with Crippen LogP contribution in [0.15, 0.2) is 46.9 Å². The molecular weight excluding hydrogens is 290 g/mol. The summed E-state index contributed by atoms with van der Waals surface area (Å²) in [5.41, 5.74) is 0.0481. The lowest BCUT2D eigenvalue weighted by molar-refractivity contribution is 0.103. The summed E-state index contributed by atoms with van der Waals surface area (Å²) < 4.78 is 27.1. The van der Waals surface area contributed by atoms with Gasteiger partial charge in [0.2, 0.25) is 0 Å². The first kappa shape index (κ1) is 11.9. The van der Waals surface area contributed by atoms with Crippen LogP contribution in [0.2, 0.25) is 0 Å². The average molecular weight is 297 g/mol. The number of benzene rings is 2. The van der Waals surface area contributed by atoms with Crippen LogP contribution in [-0.2, 0) is 0 Å². The zero-order valence-corrected chi connectivity index (χ0v) is 10.2. The molecule has 0 fully saturated rings. The van der Waals surface area contributed by atoms with Crippen molar-refractivity contribution in [1.29, 1.82) is 0 Å². The molecule has 0 atom stereocenters. The van der Waals surface area contributed by atoms with Crippen LogP contribution < -0.4 is 0 Å². The van der Waals surface area contributed by atoms with Crippen molar-refractivity contribution in [2.45, 2.75) is 0 Å². The van der Waals surface area contributed by atoms with E-state index in [1.807, 2.05) is 0 Å². The van der Waals surface area contributed by atoms with E-state index in [0.29, 0.717) is 10.0 Å². The molecule has 2 aromatic rings. The zero-order valence-electron chi connectivity index (χ0n) is 8.58. The number of ketones is 1. The van der Waals surface area contributed by atoms with Gasteiger partial charge < -0.3 is 0 Å². The highest BCUT2D eigenvalue weighted by Gasteiger charge is 2.14. The molecule has 0 aliphatic carbocycles. The summed E-state index contributed by atoms with van der Waals surface area (Å²) in [6.07, 6.45) is 0. The smallest absolute Gasteiger partial charge is 0.196 e. The normalized spacial score (nSPS) is 10.3. The number of hydrogen-bond acceptors (Lipinski definition) is 1. The van der Waals surface area contributed by atoms with E-state index in [0.717, 1.165) is 18.2 Å². The van der Waals surface area contributed by atoms with Crippen LogP contribution in [-0.4, -0.2) is 5.78 Å². The second kappa shape index (κ2) is 4.75. The highest BCUT2D eigenvalue weighted by atomic mass is 79.9. The molecule has 0 heterocycles. The summed E-state index contributed by atoms with van der Waals surface area (Å²) in [7, 11) is 0. The van der Waals surface area contributed by atoms with Crippen LogP contribution in [0.5, 0.6) is 0 Å². The van der Waals surface area contributed by atoms with E-state index in [-0.39, 0.29) is 5.56 Å². The van der Waals surface area contributed by atoms with Gasteiger partial charge >= 0.3 is 0 Å². The molecule has 2 aromatic carbocycles. The van der Waals surface area contributed by atoms with Gasteiger partial charge in [0, 0.05) is 10.0 Å². The number of carbonyl (C=O) groups excluding carboxylic acids is 1. The molecule has 0 saturated carbocycles. The highest BCUT2D eigenvalue weighted by molar-refractivity contribution is 9.10. The van der Waals surface area contributed by atoms with Gasteiger partial charge in [0.1, 0.15) is 11.6 Å². The Balaban J connectivity index is 2.47. The highest BCUT2D eigenvalue weighted by Crippen LogP contribution is 2.18. The predicted molar refractivity (Wildman–Crippen MR) is 63.9 cm³/mol. The molecular formula is C13H7BrF2O. The predicted octanol–water partition coefficient (Wildman–Crippen LogP) is 3.96. The van der Waals surface area contributed by atoms with Gasteiger partial charge in [0.05, 0.1) is 5.56 Å². The van der Waals surface area contributed by atoms with Crippen LogP contribution >= 0.6 is 15.9 Å². The summed E-state index contributed by atoms with van der Waals surface area (Å²) in [4.78, 5) is 11.9. The number of carbonyl (C=O) groups is 1. The van der Waals surface area contributed by atoms with E-state index in [4.69, 9.17) is 0 Å². The standard InChI is InChI=1S/C13H7BrF2O/c14-9-3-1-2-8(6-9)13(17)11-7-10(15)4-5-12(11)16/h1-7H. The van der Waals surface area contributed by atoms with E-state index >= 15 is 0 Å². The molecule has 0 aromatic heterocycles. The molecule has 0 bridgehead atoms. The third-order valence-corrected chi connectivity index (χ3v) is 2.75. The molecule has 0 amide bonds. The molecule has 0 radical (unpaired) electrons. The molecule has 0 unspecified atom stereocenters. The lowest BCUT2D eigenvalue weighted by Crippen LogP contribution is -2.04. The Morgan fingerprint density at radius 1 is 1.06 bits per heavy atom. The Morgan fingerprint density at radius 3 is 2.53 bits per heavy atom. The molecule has 0 aliphatic heterocycles. The van der Waals surface area contributed by atoms with Crippen molar-refractivity contribution >= 4 is 21.7 Å². The molecule has 4 heteroatoms. The van der Waals surface area contributed by atoms with Crippen LogP contribution in [0.4, 0.5) is 8.78 Å². The van der Waals surface area contributed by atoms with Crippen molar-refractivity contribution in [1.82, 2.24) is 0 Å². The van der Waals surface area contributed by atoms with Crippen molar-refractivity contribution < 1.29 is 13.6 Å². The first-order chi connectivity index (χ1) is 8.08. The van der Waals surface area contributed by atoms with Crippen molar-refractivity contribution in [2.24, 2.45) is 0 Å². The maximum absolute atomic E-state index is 13.4. The van der Waals surface area contributed by atoms with E-state index in [2.05, 4.69) is 15.9 Å². The van der Waals surface area contributed by atoms with Gasteiger partial charge in [-0.15, -0.1) is 0 Å². The summed E-state index contributed by atoms with van der Waals surface area (Å²) in [6.45, 7) is 0. The lowest BCUT2D eigenvalue weighted by atomic mass is 10.0. The second-order valence-electron chi connectivity index (χ2n) is 3.46. The van der Waals surface area contributed by atoms with Gasteiger partial charge in [-0.05, 0) is 30.3 Å². The Kier molecular flexibility index (Phi) is 3.33. The summed E-state index contributed by atoms with van der Waals surface area (Å²) in [5.74, 6) is -1.90. The van der Waals surface area contributed by atoms with Crippen LogP contribution in [0, 0.1) is 11.6 Å². The third kappa shape index (κ3) is 2.58. The molecule has 0 spiro atoms. The van der Waals surface area contributed by atoms with Crippen molar-refractivity contribution in [3.05, 3.63) is 69.7 Å². The van der Waals surface area contributed by atoms with Gasteiger partial charge in [-0.2, -0.15) is 0 Å². The minimum Gasteiger partial charge on any atom is -0.288 e. The molecule has 2 rings (SSSR count). The van der Waals surface area contributed by atoms with E-state index in [1.165, 1.54) is 0 Å². The van der Waals surface area contributed by atoms with E-state index < -0.39 is 17.4 Å². The maximum Gasteiger partial charge on any atom is 0.196 e. The lowest BCUT2D eigenvalue weighted by Gasteiger charge is -2.03. The summed E-state index contributed by atoms with van der Waals surface area (Å²) >= 11 is 3.22. The molecule has 0 aliphatic rings. The largest absolute Gasteiger partial charge is 0.288 e. The Morgan fingerprint density at radius 2 is 1.82 bits per heavy atom. The fourth-order valence-electron chi connectivity index (χ4n) is 1.46. The summed E-state index contributed by atoms with van der Waals surface area (Å²) in [6, 6.07) is 9.35. The van der Waals surface area contributed by atoms with Gasteiger partial charge in [0.25, 0.3) is 0 Å². The average Bonchev–Trinajstić information content (AvgIpc) is 2.31. The van der Waals surface area contributed by atoms with Crippen LogP contribution in [0.3, 0.4) is 0 Å². The second-order valence-corrected chi connectivity index (χ2v) is 4.38. The molecule has 0 N–H and O–H groups in total. The quantitative estimate of drug-likeness (QED) is 0.767. The van der Waals surface area contributed by atoms with Crippen molar-refractivity contribution in [3.63, 3.8) is 0 Å². The van der Waals surface area contributed by atoms with Crippen LogP contribution in [0.1, 0.15) is 15.9 Å². The molecule has 1 nitrogen and oxygen atoms in total. The van der Waals surface area contributed by atoms with Gasteiger partial charge in [0.15, 0.2) is 5.78 Å². The van der Waals surface area contributed by atoms with Crippen molar-refractivity contribution in [2.75, 3.05) is 0 Å². The summed E-state index contributed by atoms with van der Waals surface area (Å²) in [5, 5.41) is 0. The molecule has 0 saturated heterocycles. The third-order valence-electron chi connectivity index (χ3n) is 2.26. The fourth-order valence-corrected chi connectivity index (χ4v) is 1.86. The number of rotatable bonds is 2. The fraction of sp³-hybridized carbons (Fsp3) is 0. The molecule has 86 valence electrons. The Labute approximate surface area is 105 Å². The topological polar surface area (TPSA) is 17.1 Å². The first-order valence-corrected chi connectivity index (χ1v) is 5.62. The van der Waals surface area contributed by atoms with Gasteiger partial charge in [-0.25, -0.2) is 8.78 Å². The van der Waals surface area contributed by atoms with Gasteiger partial charge in [-0.1, -0.05) is 28.1 Å². The van der Waals surface area contributed by atoms with Gasteiger partial charge in [-0.3, -0.25) is 4.79 Å². The van der Waals surface area contributed by atoms with E-state index in [1.54, 1.807) is 24.3 Å². The number of hydrogen-bond donors (Lipinski definition) is 0. The number of halogens is 3. The molecule has 17 heavy (non-hydrogen) atoms. The maximum atomic E-state index is 13.4. The van der Waals surface area contributed by atoms with Crippen molar-refractivity contribution in [3.8, 4) is 0 Å².